The summed E-state index contributed by atoms with van der Waals surface area (Å²) in [5.41, 5.74) is 7.22. The van der Waals surface area contributed by atoms with E-state index in [0.29, 0.717) is 5.69 Å². The fraction of sp³-hybridized carbons (Fsp3) is 0.300. The third kappa shape index (κ3) is 2.78. The van der Waals surface area contributed by atoms with Crippen LogP contribution in [0.3, 0.4) is 0 Å². The zero-order chi connectivity index (χ0) is 9.84. The van der Waals surface area contributed by atoms with E-state index < -0.39 is 5.97 Å². The standard InChI is InChI=1S/C10H13NO2/c1-7(6-10(12)13)8-2-4-9(11)5-3-8/h2-5,7H,6,11H2,1H3,(H,12,13)/t7-/m1/s1. The maximum Gasteiger partial charge on any atom is 0.303 e. The first-order valence-corrected chi connectivity index (χ1v) is 4.17. The van der Waals surface area contributed by atoms with E-state index in [-0.39, 0.29) is 12.3 Å². The third-order valence-electron chi connectivity index (χ3n) is 1.99. The Morgan fingerprint density at radius 1 is 1.46 bits per heavy atom. The molecule has 0 amide bonds. The summed E-state index contributed by atoms with van der Waals surface area (Å²) in [7, 11) is 0. The predicted molar refractivity (Wildman–Crippen MR) is 51.5 cm³/mol. The Morgan fingerprint density at radius 3 is 2.46 bits per heavy atom. The van der Waals surface area contributed by atoms with E-state index in [9.17, 15) is 4.79 Å². The highest BCUT2D eigenvalue weighted by Crippen LogP contribution is 2.19. The van der Waals surface area contributed by atoms with E-state index in [2.05, 4.69) is 0 Å². The van der Waals surface area contributed by atoms with E-state index >= 15 is 0 Å². The molecule has 0 aliphatic carbocycles. The summed E-state index contributed by atoms with van der Waals surface area (Å²) in [6.45, 7) is 1.89. The Labute approximate surface area is 77.2 Å². The molecule has 0 saturated heterocycles. The molecule has 0 aromatic heterocycles. The Hall–Kier alpha value is -1.51. The second kappa shape index (κ2) is 3.94. The lowest BCUT2D eigenvalue weighted by Crippen LogP contribution is -2.02. The first kappa shape index (κ1) is 9.58. The number of rotatable bonds is 3. The van der Waals surface area contributed by atoms with Crippen LogP contribution in [0.5, 0.6) is 0 Å². The van der Waals surface area contributed by atoms with Crippen LogP contribution in [-0.4, -0.2) is 11.1 Å². The molecule has 0 saturated carbocycles. The summed E-state index contributed by atoms with van der Waals surface area (Å²) in [6.07, 6.45) is 0.157. The smallest absolute Gasteiger partial charge is 0.303 e. The summed E-state index contributed by atoms with van der Waals surface area (Å²) < 4.78 is 0. The van der Waals surface area contributed by atoms with Gasteiger partial charge in [-0.1, -0.05) is 19.1 Å². The number of nitrogens with two attached hydrogens (primary N) is 1. The van der Waals surface area contributed by atoms with Crippen LogP contribution in [0.4, 0.5) is 5.69 Å². The molecule has 1 aromatic carbocycles. The molecule has 1 rings (SSSR count). The lowest BCUT2D eigenvalue weighted by Gasteiger charge is -2.08. The molecule has 3 N–H and O–H groups in total. The first-order chi connectivity index (χ1) is 6.09. The maximum absolute atomic E-state index is 10.4. The van der Waals surface area contributed by atoms with Crippen molar-refractivity contribution < 1.29 is 9.90 Å². The molecular formula is C10H13NO2. The van der Waals surface area contributed by atoms with Gasteiger partial charge in [-0.25, -0.2) is 0 Å². The van der Waals surface area contributed by atoms with Crippen molar-refractivity contribution in [2.24, 2.45) is 0 Å². The third-order valence-corrected chi connectivity index (χ3v) is 1.99. The van der Waals surface area contributed by atoms with Crippen molar-refractivity contribution in [3.8, 4) is 0 Å². The van der Waals surface area contributed by atoms with Crippen LogP contribution in [0, 0.1) is 0 Å². The lowest BCUT2D eigenvalue weighted by molar-refractivity contribution is -0.137. The van der Waals surface area contributed by atoms with Gasteiger partial charge in [0.15, 0.2) is 0 Å². The van der Waals surface area contributed by atoms with E-state index in [1.807, 2.05) is 19.1 Å². The van der Waals surface area contributed by atoms with Gasteiger partial charge in [0.25, 0.3) is 0 Å². The number of carbonyl (C=O) groups is 1. The Bertz CT molecular complexity index is 292. The van der Waals surface area contributed by atoms with Crippen molar-refractivity contribution in [3.63, 3.8) is 0 Å². The molecule has 0 spiro atoms. The number of nitrogen functional groups attached to an aromatic ring is 1. The Morgan fingerprint density at radius 2 is 2.00 bits per heavy atom. The van der Waals surface area contributed by atoms with Gasteiger partial charge in [0.1, 0.15) is 0 Å². The van der Waals surface area contributed by atoms with Gasteiger partial charge < -0.3 is 10.8 Å². The zero-order valence-corrected chi connectivity index (χ0v) is 7.53. The molecule has 1 aromatic rings. The van der Waals surface area contributed by atoms with Gasteiger partial charge >= 0.3 is 5.97 Å². The van der Waals surface area contributed by atoms with Gasteiger partial charge in [-0.3, -0.25) is 4.79 Å². The minimum absolute atomic E-state index is 0.0399. The van der Waals surface area contributed by atoms with Gasteiger partial charge in [0.05, 0.1) is 6.42 Å². The first-order valence-electron chi connectivity index (χ1n) is 4.17. The molecular weight excluding hydrogens is 166 g/mol. The monoisotopic (exact) mass is 179 g/mol. The van der Waals surface area contributed by atoms with Gasteiger partial charge in [-0.2, -0.15) is 0 Å². The van der Waals surface area contributed by atoms with Crippen molar-refractivity contribution in [1.82, 2.24) is 0 Å². The molecule has 0 unspecified atom stereocenters. The van der Waals surface area contributed by atoms with Crippen molar-refractivity contribution in [3.05, 3.63) is 29.8 Å². The quantitative estimate of drug-likeness (QED) is 0.696. The van der Waals surface area contributed by atoms with E-state index in [1.54, 1.807) is 12.1 Å². The van der Waals surface area contributed by atoms with Crippen LogP contribution in [0.2, 0.25) is 0 Å². The molecule has 0 fully saturated rings. The summed E-state index contributed by atoms with van der Waals surface area (Å²) >= 11 is 0. The molecule has 0 aliphatic heterocycles. The Kier molecular flexibility index (Phi) is 2.90. The zero-order valence-electron chi connectivity index (χ0n) is 7.53. The SMILES string of the molecule is C[C@H](CC(=O)O)c1ccc(N)cc1. The molecule has 3 heteroatoms. The van der Waals surface area contributed by atoms with Gasteiger partial charge in [-0.15, -0.1) is 0 Å². The molecule has 0 aliphatic rings. The van der Waals surface area contributed by atoms with Gasteiger partial charge in [-0.05, 0) is 23.6 Å². The van der Waals surface area contributed by atoms with E-state index in [1.165, 1.54) is 0 Å². The molecule has 13 heavy (non-hydrogen) atoms. The molecule has 0 heterocycles. The lowest BCUT2D eigenvalue weighted by atomic mass is 9.98. The summed E-state index contributed by atoms with van der Waals surface area (Å²) in [5, 5.41) is 8.58. The number of carboxylic acids is 1. The largest absolute Gasteiger partial charge is 0.481 e. The fourth-order valence-electron chi connectivity index (χ4n) is 1.20. The average Bonchev–Trinajstić information content (AvgIpc) is 2.04. The minimum Gasteiger partial charge on any atom is -0.481 e. The summed E-state index contributed by atoms with van der Waals surface area (Å²) in [6, 6.07) is 7.30. The summed E-state index contributed by atoms with van der Waals surface area (Å²) in [5.74, 6) is -0.734. The van der Waals surface area contributed by atoms with Crippen LogP contribution in [0.25, 0.3) is 0 Å². The average molecular weight is 179 g/mol. The second-order valence-corrected chi connectivity index (χ2v) is 3.17. The van der Waals surface area contributed by atoms with E-state index in [0.717, 1.165) is 5.56 Å². The van der Waals surface area contributed by atoms with Crippen LogP contribution in [0.1, 0.15) is 24.8 Å². The molecule has 3 nitrogen and oxygen atoms in total. The molecule has 1 atom stereocenters. The van der Waals surface area contributed by atoms with Crippen LogP contribution < -0.4 is 5.73 Å². The highest BCUT2D eigenvalue weighted by Gasteiger charge is 2.09. The number of hydrogen-bond acceptors (Lipinski definition) is 2. The number of hydrogen-bond donors (Lipinski definition) is 2. The highest BCUT2D eigenvalue weighted by molar-refractivity contribution is 5.68. The topological polar surface area (TPSA) is 63.3 Å². The van der Waals surface area contributed by atoms with Crippen LogP contribution >= 0.6 is 0 Å². The Balaban J connectivity index is 2.71. The van der Waals surface area contributed by atoms with Crippen molar-refractivity contribution in [1.29, 1.82) is 0 Å². The van der Waals surface area contributed by atoms with Gasteiger partial charge in [0.2, 0.25) is 0 Å². The van der Waals surface area contributed by atoms with Crippen LogP contribution in [-0.2, 0) is 4.79 Å². The van der Waals surface area contributed by atoms with Crippen molar-refractivity contribution >= 4 is 11.7 Å². The highest BCUT2D eigenvalue weighted by atomic mass is 16.4. The second-order valence-electron chi connectivity index (χ2n) is 3.17. The summed E-state index contributed by atoms with van der Waals surface area (Å²) in [4.78, 5) is 10.4. The molecule has 0 bridgehead atoms. The number of benzene rings is 1. The molecule has 0 radical (unpaired) electrons. The normalized spacial score (nSPS) is 12.4. The van der Waals surface area contributed by atoms with Crippen LogP contribution in [0.15, 0.2) is 24.3 Å². The van der Waals surface area contributed by atoms with Gasteiger partial charge in [0, 0.05) is 5.69 Å². The van der Waals surface area contributed by atoms with E-state index in [4.69, 9.17) is 10.8 Å². The molecule has 70 valence electrons. The fourth-order valence-corrected chi connectivity index (χ4v) is 1.20. The number of aliphatic carboxylic acids is 1. The number of carboxylic acid groups (broad SMARTS) is 1. The predicted octanol–water partition coefficient (Wildman–Crippen LogP) is 1.85. The van der Waals surface area contributed by atoms with Crippen molar-refractivity contribution in [2.75, 3.05) is 5.73 Å². The minimum atomic E-state index is -0.774. The maximum atomic E-state index is 10.4. The van der Waals surface area contributed by atoms with Crippen molar-refractivity contribution in [2.45, 2.75) is 19.3 Å². The number of anilines is 1.